The maximum Gasteiger partial charge on any atom is 0.241 e. The summed E-state index contributed by atoms with van der Waals surface area (Å²) in [5.41, 5.74) is 0. The van der Waals surface area contributed by atoms with Crippen molar-refractivity contribution in [2.45, 2.75) is 33.2 Å². The normalized spacial score (nSPS) is 10.7. The zero-order valence-corrected chi connectivity index (χ0v) is 11.5. The highest BCUT2D eigenvalue weighted by molar-refractivity contribution is 5.38. The second kappa shape index (κ2) is 6.12. The van der Waals surface area contributed by atoms with Crippen molar-refractivity contribution in [1.82, 2.24) is 24.5 Å². The lowest BCUT2D eigenvalue weighted by atomic mass is 10.4. The molecule has 0 spiro atoms. The molecule has 0 fully saturated rings. The van der Waals surface area contributed by atoms with E-state index in [4.69, 9.17) is 0 Å². The minimum Gasteiger partial charge on any atom is -0.354 e. The van der Waals surface area contributed by atoms with Crippen LogP contribution in [-0.4, -0.2) is 37.1 Å². The molecular weight excluding hydrogens is 242 g/mol. The van der Waals surface area contributed by atoms with Gasteiger partial charge in [-0.3, -0.25) is 4.57 Å². The van der Waals surface area contributed by atoms with Crippen molar-refractivity contribution in [1.29, 1.82) is 0 Å². The van der Waals surface area contributed by atoms with E-state index in [9.17, 15) is 0 Å². The van der Waals surface area contributed by atoms with E-state index in [2.05, 4.69) is 37.5 Å². The second-order valence-electron chi connectivity index (χ2n) is 4.48. The molecule has 0 aliphatic carbocycles. The molecule has 0 aliphatic rings. The van der Waals surface area contributed by atoms with Gasteiger partial charge in [-0.05, 0) is 20.3 Å². The fourth-order valence-electron chi connectivity index (χ4n) is 1.50. The number of anilines is 2. The van der Waals surface area contributed by atoms with Gasteiger partial charge in [-0.2, -0.15) is 15.0 Å². The van der Waals surface area contributed by atoms with Crippen molar-refractivity contribution in [2.75, 3.05) is 17.2 Å². The van der Waals surface area contributed by atoms with E-state index < -0.39 is 0 Å². The standard InChI is InChI=1S/C12H19N7/c1-4-5-14-10-16-11(15-9(2)3)18-12(17-10)19-7-6-13-8-19/h6-9H,4-5H2,1-3H3,(H2,14,15,16,17,18). The molecule has 102 valence electrons. The minimum absolute atomic E-state index is 0.261. The third-order valence-corrected chi connectivity index (χ3v) is 2.31. The van der Waals surface area contributed by atoms with Gasteiger partial charge >= 0.3 is 0 Å². The molecule has 0 unspecified atom stereocenters. The van der Waals surface area contributed by atoms with Crippen LogP contribution in [-0.2, 0) is 0 Å². The quantitative estimate of drug-likeness (QED) is 0.823. The Balaban J connectivity index is 2.31. The monoisotopic (exact) mass is 261 g/mol. The molecule has 0 saturated heterocycles. The van der Waals surface area contributed by atoms with Crippen LogP contribution in [0.25, 0.3) is 5.95 Å². The number of aromatic nitrogens is 5. The molecule has 7 heteroatoms. The zero-order valence-electron chi connectivity index (χ0n) is 11.5. The van der Waals surface area contributed by atoms with Crippen molar-refractivity contribution in [3.8, 4) is 5.95 Å². The summed E-state index contributed by atoms with van der Waals surface area (Å²) < 4.78 is 1.75. The first-order valence-corrected chi connectivity index (χ1v) is 6.44. The molecule has 0 radical (unpaired) electrons. The molecule has 2 rings (SSSR count). The fraction of sp³-hybridized carbons (Fsp3) is 0.500. The number of nitrogens with zero attached hydrogens (tertiary/aromatic N) is 5. The lowest BCUT2D eigenvalue weighted by Crippen LogP contribution is -2.16. The van der Waals surface area contributed by atoms with Crippen LogP contribution >= 0.6 is 0 Å². The van der Waals surface area contributed by atoms with Gasteiger partial charge in [-0.1, -0.05) is 6.92 Å². The highest BCUT2D eigenvalue weighted by atomic mass is 15.3. The Morgan fingerprint density at radius 3 is 2.63 bits per heavy atom. The average molecular weight is 261 g/mol. The first-order valence-electron chi connectivity index (χ1n) is 6.44. The molecule has 0 atom stereocenters. The predicted octanol–water partition coefficient (Wildman–Crippen LogP) is 1.70. The third-order valence-electron chi connectivity index (χ3n) is 2.31. The molecule has 2 aromatic rings. The molecule has 2 aromatic heterocycles. The molecule has 2 heterocycles. The van der Waals surface area contributed by atoms with E-state index in [0.717, 1.165) is 13.0 Å². The summed E-state index contributed by atoms with van der Waals surface area (Å²) >= 11 is 0. The lowest BCUT2D eigenvalue weighted by molar-refractivity contribution is 0.838. The first kappa shape index (κ1) is 13.3. The number of hydrogen-bond acceptors (Lipinski definition) is 6. The number of rotatable bonds is 6. The summed E-state index contributed by atoms with van der Waals surface area (Å²) in [5, 5.41) is 6.36. The van der Waals surface area contributed by atoms with Gasteiger partial charge in [0.25, 0.3) is 0 Å². The van der Waals surface area contributed by atoms with E-state index in [1.807, 2.05) is 13.8 Å². The number of imidazole rings is 1. The Morgan fingerprint density at radius 1 is 1.21 bits per heavy atom. The molecule has 0 aromatic carbocycles. The van der Waals surface area contributed by atoms with Gasteiger partial charge in [0, 0.05) is 25.0 Å². The molecule has 2 N–H and O–H groups in total. The van der Waals surface area contributed by atoms with Crippen LogP contribution in [0.1, 0.15) is 27.2 Å². The number of hydrogen-bond donors (Lipinski definition) is 2. The van der Waals surface area contributed by atoms with Gasteiger partial charge < -0.3 is 10.6 Å². The van der Waals surface area contributed by atoms with Gasteiger partial charge in [-0.25, -0.2) is 4.98 Å². The fourth-order valence-corrected chi connectivity index (χ4v) is 1.50. The predicted molar refractivity (Wildman–Crippen MR) is 74.5 cm³/mol. The maximum absolute atomic E-state index is 4.37. The van der Waals surface area contributed by atoms with E-state index in [0.29, 0.717) is 17.8 Å². The number of nitrogens with one attached hydrogen (secondary N) is 2. The van der Waals surface area contributed by atoms with Gasteiger partial charge in [0.2, 0.25) is 17.8 Å². The van der Waals surface area contributed by atoms with Crippen LogP contribution in [0.2, 0.25) is 0 Å². The van der Waals surface area contributed by atoms with E-state index in [-0.39, 0.29) is 6.04 Å². The van der Waals surface area contributed by atoms with Crippen LogP contribution in [0, 0.1) is 0 Å². The van der Waals surface area contributed by atoms with Crippen LogP contribution in [0.15, 0.2) is 18.7 Å². The Bertz CT molecular complexity index is 507. The zero-order chi connectivity index (χ0) is 13.7. The summed E-state index contributed by atoms with van der Waals surface area (Å²) in [6.07, 6.45) is 6.17. The van der Waals surface area contributed by atoms with Crippen molar-refractivity contribution >= 4 is 11.9 Å². The molecule has 7 nitrogen and oxygen atoms in total. The van der Waals surface area contributed by atoms with Crippen LogP contribution in [0.4, 0.5) is 11.9 Å². The molecular formula is C12H19N7. The van der Waals surface area contributed by atoms with Gasteiger partial charge in [0.1, 0.15) is 6.33 Å². The maximum atomic E-state index is 4.37. The van der Waals surface area contributed by atoms with Gasteiger partial charge in [0.05, 0.1) is 0 Å². The Labute approximate surface area is 112 Å². The molecule has 0 bridgehead atoms. The smallest absolute Gasteiger partial charge is 0.241 e. The van der Waals surface area contributed by atoms with Gasteiger partial charge in [0.15, 0.2) is 0 Å². The molecule has 0 aliphatic heterocycles. The SMILES string of the molecule is CCCNc1nc(NC(C)C)nc(-n2ccnc2)n1. The van der Waals surface area contributed by atoms with E-state index in [1.165, 1.54) is 0 Å². The Kier molecular flexibility index (Phi) is 4.27. The van der Waals surface area contributed by atoms with Crippen LogP contribution in [0.3, 0.4) is 0 Å². The topological polar surface area (TPSA) is 80.5 Å². The minimum atomic E-state index is 0.261. The van der Waals surface area contributed by atoms with Crippen molar-refractivity contribution < 1.29 is 0 Å². The molecule has 0 amide bonds. The molecule has 19 heavy (non-hydrogen) atoms. The largest absolute Gasteiger partial charge is 0.354 e. The summed E-state index contributed by atoms with van der Waals surface area (Å²) in [6.45, 7) is 7.01. The average Bonchev–Trinajstić information content (AvgIpc) is 2.89. The highest BCUT2D eigenvalue weighted by Crippen LogP contribution is 2.10. The van der Waals surface area contributed by atoms with E-state index in [1.54, 1.807) is 23.3 Å². The summed E-state index contributed by atoms with van der Waals surface area (Å²) in [4.78, 5) is 17.1. The summed E-state index contributed by atoms with van der Waals surface area (Å²) in [5.74, 6) is 1.69. The summed E-state index contributed by atoms with van der Waals surface area (Å²) in [7, 11) is 0. The Morgan fingerprint density at radius 2 is 2.00 bits per heavy atom. The lowest BCUT2D eigenvalue weighted by Gasteiger charge is -2.11. The summed E-state index contributed by atoms with van der Waals surface area (Å²) in [6, 6.07) is 0.261. The van der Waals surface area contributed by atoms with E-state index >= 15 is 0 Å². The van der Waals surface area contributed by atoms with Crippen molar-refractivity contribution in [2.24, 2.45) is 0 Å². The Hall–Kier alpha value is -2.18. The van der Waals surface area contributed by atoms with Crippen LogP contribution in [0.5, 0.6) is 0 Å². The van der Waals surface area contributed by atoms with Crippen molar-refractivity contribution in [3.63, 3.8) is 0 Å². The van der Waals surface area contributed by atoms with Gasteiger partial charge in [-0.15, -0.1) is 0 Å². The van der Waals surface area contributed by atoms with Crippen LogP contribution < -0.4 is 10.6 Å². The third kappa shape index (κ3) is 3.64. The molecule has 0 saturated carbocycles. The second-order valence-corrected chi connectivity index (χ2v) is 4.48. The highest BCUT2D eigenvalue weighted by Gasteiger charge is 2.08. The van der Waals surface area contributed by atoms with Crippen molar-refractivity contribution in [3.05, 3.63) is 18.7 Å². The first-order chi connectivity index (χ1) is 9.19.